The molecule has 5 heteroatoms. The predicted molar refractivity (Wildman–Crippen MR) is 62.6 cm³/mol. The zero-order valence-electron chi connectivity index (χ0n) is 10.1. The SMILES string of the molecule is CCOC(C(C)C)C(N)CCS(C)(=O)=O. The Hall–Kier alpha value is -0.130. The van der Waals surface area contributed by atoms with Gasteiger partial charge in [-0.15, -0.1) is 0 Å². The summed E-state index contributed by atoms with van der Waals surface area (Å²) in [7, 11) is -2.93. The van der Waals surface area contributed by atoms with Crippen LogP contribution in [-0.2, 0) is 14.6 Å². The fourth-order valence-corrected chi connectivity index (χ4v) is 2.22. The van der Waals surface area contributed by atoms with E-state index in [4.69, 9.17) is 10.5 Å². The van der Waals surface area contributed by atoms with Crippen molar-refractivity contribution >= 4 is 9.84 Å². The van der Waals surface area contributed by atoms with Crippen molar-refractivity contribution < 1.29 is 13.2 Å². The van der Waals surface area contributed by atoms with Crippen LogP contribution < -0.4 is 5.73 Å². The Morgan fingerprint density at radius 1 is 1.33 bits per heavy atom. The number of hydrogen-bond acceptors (Lipinski definition) is 4. The van der Waals surface area contributed by atoms with Gasteiger partial charge in [-0.05, 0) is 19.3 Å². The minimum absolute atomic E-state index is 0.0586. The summed E-state index contributed by atoms with van der Waals surface area (Å²) in [6.45, 7) is 6.58. The minimum atomic E-state index is -2.93. The van der Waals surface area contributed by atoms with Crippen LogP contribution in [0.25, 0.3) is 0 Å². The molecule has 0 heterocycles. The molecule has 0 aliphatic heterocycles. The van der Waals surface area contributed by atoms with Crippen LogP contribution in [0.15, 0.2) is 0 Å². The van der Waals surface area contributed by atoms with Crippen LogP contribution >= 0.6 is 0 Å². The van der Waals surface area contributed by atoms with Crippen molar-refractivity contribution in [3.63, 3.8) is 0 Å². The second-order valence-electron chi connectivity index (χ2n) is 4.25. The Kier molecular flexibility index (Phi) is 6.40. The Balaban J connectivity index is 4.20. The van der Waals surface area contributed by atoms with Crippen molar-refractivity contribution in [1.29, 1.82) is 0 Å². The molecule has 0 rings (SSSR count). The molecule has 0 aliphatic carbocycles. The molecular weight excluding hydrogens is 214 g/mol. The van der Waals surface area contributed by atoms with Gasteiger partial charge in [0.05, 0.1) is 11.9 Å². The molecule has 0 fully saturated rings. The highest BCUT2D eigenvalue weighted by Crippen LogP contribution is 2.12. The van der Waals surface area contributed by atoms with Crippen LogP contribution in [0.3, 0.4) is 0 Å². The molecule has 0 amide bonds. The van der Waals surface area contributed by atoms with Crippen molar-refractivity contribution in [2.45, 2.75) is 39.3 Å². The fourth-order valence-electron chi connectivity index (χ4n) is 1.52. The Morgan fingerprint density at radius 2 is 1.87 bits per heavy atom. The molecule has 0 saturated heterocycles. The van der Waals surface area contributed by atoms with Crippen molar-refractivity contribution in [2.75, 3.05) is 18.6 Å². The van der Waals surface area contributed by atoms with E-state index in [2.05, 4.69) is 0 Å². The molecule has 0 saturated carbocycles. The van der Waals surface area contributed by atoms with Crippen LogP contribution in [-0.4, -0.2) is 39.2 Å². The lowest BCUT2D eigenvalue weighted by molar-refractivity contribution is 0.0121. The van der Waals surface area contributed by atoms with Gasteiger partial charge in [-0.25, -0.2) is 8.42 Å². The predicted octanol–water partition coefficient (Wildman–Crippen LogP) is 0.809. The van der Waals surface area contributed by atoms with Gasteiger partial charge in [-0.3, -0.25) is 0 Å². The molecule has 0 bridgehead atoms. The topological polar surface area (TPSA) is 69.4 Å². The van der Waals surface area contributed by atoms with Crippen molar-refractivity contribution in [1.82, 2.24) is 0 Å². The lowest BCUT2D eigenvalue weighted by Gasteiger charge is -2.26. The standard InChI is InChI=1S/C10H23NO3S/c1-5-14-10(8(2)3)9(11)6-7-15(4,12)13/h8-10H,5-7,11H2,1-4H3. The van der Waals surface area contributed by atoms with Gasteiger partial charge >= 0.3 is 0 Å². The van der Waals surface area contributed by atoms with Gasteiger partial charge in [-0.1, -0.05) is 13.8 Å². The van der Waals surface area contributed by atoms with E-state index in [9.17, 15) is 8.42 Å². The lowest BCUT2D eigenvalue weighted by Crippen LogP contribution is -2.41. The summed E-state index contributed by atoms with van der Waals surface area (Å²) in [6, 6.07) is -0.209. The molecule has 4 nitrogen and oxygen atoms in total. The lowest BCUT2D eigenvalue weighted by atomic mass is 9.98. The molecule has 0 aliphatic rings. The average Bonchev–Trinajstić information content (AvgIpc) is 2.08. The molecule has 2 atom stereocenters. The maximum absolute atomic E-state index is 11.0. The maximum atomic E-state index is 11.0. The van der Waals surface area contributed by atoms with E-state index in [1.54, 1.807) is 0 Å². The second kappa shape index (κ2) is 6.45. The molecule has 0 spiro atoms. The number of nitrogens with two attached hydrogens (primary N) is 1. The highest BCUT2D eigenvalue weighted by Gasteiger charge is 2.22. The summed E-state index contributed by atoms with van der Waals surface area (Å²) < 4.78 is 27.5. The molecule has 2 unspecified atom stereocenters. The number of sulfone groups is 1. The van der Waals surface area contributed by atoms with Gasteiger partial charge < -0.3 is 10.5 Å². The van der Waals surface area contributed by atoms with Gasteiger partial charge in [-0.2, -0.15) is 0 Å². The number of ether oxygens (including phenoxy) is 1. The first-order valence-corrected chi connectivity index (χ1v) is 7.39. The average molecular weight is 237 g/mol. The van der Waals surface area contributed by atoms with E-state index in [1.165, 1.54) is 6.26 Å². The summed E-state index contributed by atoms with van der Waals surface area (Å²) in [6.07, 6.45) is 1.63. The molecule has 0 aromatic carbocycles. The monoisotopic (exact) mass is 237 g/mol. The van der Waals surface area contributed by atoms with Gasteiger partial charge in [0.2, 0.25) is 0 Å². The highest BCUT2D eigenvalue weighted by molar-refractivity contribution is 7.90. The summed E-state index contributed by atoms with van der Waals surface area (Å²) in [5.41, 5.74) is 5.92. The zero-order chi connectivity index (χ0) is 12.1. The molecule has 15 heavy (non-hydrogen) atoms. The summed E-state index contributed by atoms with van der Waals surface area (Å²) >= 11 is 0. The van der Waals surface area contributed by atoms with E-state index < -0.39 is 9.84 Å². The van der Waals surface area contributed by atoms with Crippen molar-refractivity contribution in [3.8, 4) is 0 Å². The van der Waals surface area contributed by atoms with Gasteiger partial charge in [0.15, 0.2) is 0 Å². The van der Waals surface area contributed by atoms with Gasteiger partial charge in [0, 0.05) is 18.9 Å². The number of hydrogen-bond donors (Lipinski definition) is 1. The third kappa shape index (κ3) is 6.87. The molecule has 0 aromatic rings. The largest absolute Gasteiger partial charge is 0.377 e. The smallest absolute Gasteiger partial charge is 0.147 e. The highest BCUT2D eigenvalue weighted by atomic mass is 32.2. The normalized spacial score (nSPS) is 16.7. The van der Waals surface area contributed by atoms with Gasteiger partial charge in [0.25, 0.3) is 0 Å². The minimum Gasteiger partial charge on any atom is -0.377 e. The van der Waals surface area contributed by atoms with Crippen molar-refractivity contribution in [2.24, 2.45) is 11.7 Å². The third-order valence-corrected chi connectivity index (χ3v) is 3.24. The van der Waals surface area contributed by atoms with Crippen molar-refractivity contribution in [3.05, 3.63) is 0 Å². The Labute approximate surface area is 93.1 Å². The molecule has 0 aromatic heterocycles. The molecular formula is C10H23NO3S. The van der Waals surface area contributed by atoms with E-state index in [-0.39, 0.29) is 17.9 Å². The first-order chi connectivity index (χ1) is 6.78. The van der Waals surface area contributed by atoms with E-state index in [0.29, 0.717) is 18.9 Å². The van der Waals surface area contributed by atoms with E-state index >= 15 is 0 Å². The van der Waals surface area contributed by atoms with Crippen LogP contribution in [0.4, 0.5) is 0 Å². The summed E-state index contributed by atoms with van der Waals surface area (Å²) in [5, 5.41) is 0. The first kappa shape index (κ1) is 14.9. The Bertz CT molecular complexity index is 262. The quantitative estimate of drug-likeness (QED) is 0.711. The van der Waals surface area contributed by atoms with E-state index in [0.717, 1.165) is 0 Å². The molecule has 92 valence electrons. The molecule has 2 N–H and O–H groups in total. The van der Waals surface area contributed by atoms with Crippen LogP contribution in [0.2, 0.25) is 0 Å². The Morgan fingerprint density at radius 3 is 2.20 bits per heavy atom. The second-order valence-corrected chi connectivity index (χ2v) is 6.51. The molecule has 0 radical (unpaired) electrons. The first-order valence-electron chi connectivity index (χ1n) is 5.32. The maximum Gasteiger partial charge on any atom is 0.147 e. The fraction of sp³-hybridized carbons (Fsp3) is 1.00. The van der Waals surface area contributed by atoms with Crippen LogP contribution in [0.5, 0.6) is 0 Å². The summed E-state index contributed by atoms with van der Waals surface area (Å²) in [4.78, 5) is 0. The number of rotatable bonds is 7. The third-order valence-electron chi connectivity index (χ3n) is 2.26. The van der Waals surface area contributed by atoms with Crippen LogP contribution in [0.1, 0.15) is 27.2 Å². The van der Waals surface area contributed by atoms with Crippen LogP contribution in [0, 0.1) is 5.92 Å². The van der Waals surface area contributed by atoms with E-state index in [1.807, 2.05) is 20.8 Å². The summed E-state index contributed by atoms with van der Waals surface area (Å²) in [5.74, 6) is 0.435. The van der Waals surface area contributed by atoms with Gasteiger partial charge in [0.1, 0.15) is 9.84 Å². The zero-order valence-corrected chi connectivity index (χ0v) is 10.9.